The number of aromatic hydroxyl groups is 1. The fourth-order valence-electron chi connectivity index (χ4n) is 4.95. The van der Waals surface area contributed by atoms with Crippen molar-refractivity contribution in [2.45, 2.75) is 13.3 Å². The molecule has 0 fully saturated rings. The van der Waals surface area contributed by atoms with Gasteiger partial charge in [-0.3, -0.25) is 14.6 Å². The zero-order valence-corrected chi connectivity index (χ0v) is 27.8. The van der Waals surface area contributed by atoms with Crippen LogP contribution in [0.15, 0.2) is 68.6 Å². The van der Waals surface area contributed by atoms with Crippen molar-refractivity contribution in [3.05, 3.63) is 90.0 Å². The zero-order chi connectivity index (χ0) is 33.7. The molecule has 2 aromatic heterocycles. The molecule has 0 aliphatic heterocycles. The van der Waals surface area contributed by atoms with Gasteiger partial charge in [0.15, 0.2) is 17.3 Å². The van der Waals surface area contributed by atoms with Crippen LogP contribution in [0.25, 0.3) is 27.9 Å². The number of allylic oxidation sites excluding steroid dienone is 1. The molecule has 0 aliphatic rings. The highest BCUT2D eigenvalue weighted by molar-refractivity contribution is 7.10. The first-order valence-electron chi connectivity index (χ1n) is 14.4. The second-order valence-corrected chi connectivity index (χ2v) is 11.3. The number of hydrogen-bond acceptors (Lipinski definition) is 11. The molecule has 0 aliphatic carbocycles. The Labute approximate surface area is 278 Å². The Hall–Kier alpha value is -5.07. The highest BCUT2D eigenvalue weighted by atomic mass is 35.5. The fraction of sp³-hybridized carbons (Fsp3) is 0.235. The first-order valence-corrected chi connectivity index (χ1v) is 15.6. The van der Waals surface area contributed by atoms with Crippen LogP contribution in [0.1, 0.15) is 23.8 Å². The zero-order valence-electron chi connectivity index (χ0n) is 26.2. The van der Waals surface area contributed by atoms with Crippen LogP contribution >= 0.6 is 22.9 Å². The summed E-state index contributed by atoms with van der Waals surface area (Å²) in [5.74, 6) is 1.91. The van der Waals surface area contributed by atoms with E-state index in [1.54, 1.807) is 48.5 Å². The van der Waals surface area contributed by atoms with Gasteiger partial charge < -0.3 is 37.9 Å². The van der Waals surface area contributed by atoms with Crippen LogP contribution in [0.2, 0.25) is 5.02 Å². The number of nitrogens with one attached hydrogen (secondary N) is 1. The number of benzene rings is 3. The third kappa shape index (κ3) is 6.88. The molecule has 0 spiro atoms. The average Bonchev–Trinajstić information content (AvgIpc) is 3.42. The third-order valence-electron chi connectivity index (χ3n) is 7.11. The Morgan fingerprint density at radius 3 is 2.26 bits per heavy atom. The maximum absolute atomic E-state index is 13.9. The molecule has 2 N–H and O–H groups in total. The maximum Gasteiger partial charge on any atom is 0.307 e. The highest BCUT2D eigenvalue weighted by Crippen LogP contribution is 2.40. The molecule has 13 heteroatoms. The van der Waals surface area contributed by atoms with Gasteiger partial charge in [-0.15, -0.1) is 0 Å². The van der Waals surface area contributed by atoms with E-state index < -0.39 is 5.43 Å². The fourth-order valence-corrected chi connectivity index (χ4v) is 5.98. The van der Waals surface area contributed by atoms with E-state index in [0.29, 0.717) is 56.0 Å². The van der Waals surface area contributed by atoms with Gasteiger partial charge in [0.1, 0.15) is 41.4 Å². The molecule has 2 heterocycles. The molecule has 47 heavy (non-hydrogen) atoms. The molecule has 5 rings (SSSR count). The average molecular weight is 682 g/mol. The summed E-state index contributed by atoms with van der Waals surface area (Å²) in [6, 6.07) is 13.4. The van der Waals surface area contributed by atoms with Crippen molar-refractivity contribution in [2.75, 3.05) is 41.7 Å². The van der Waals surface area contributed by atoms with Crippen LogP contribution in [-0.2, 0) is 0 Å². The SMILES string of the molecule is CCC=C(c1ccc(OCCOc2c(-c3ccc(OC)c(OC)c3)oc3cc(OC)cc(OC)c3c2=O)c(Cl)c1)c1sc(=O)[nH]c1O. The summed E-state index contributed by atoms with van der Waals surface area (Å²) in [4.78, 5) is 28.2. The Balaban J connectivity index is 1.44. The Morgan fingerprint density at radius 1 is 0.894 bits per heavy atom. The van der Waals surface area contributed by atoms with Crippen molar-refractivity contribution in [1.29, 1.82) is 0 Å². The van der Waals surface area contributed by atoms with E-state index in [2.05, 4.69) is 4.98 Å². The number of rotatable bonds is 13. The molecule has 11 nitrogen and oxygen atoms in total. The van der Waals surface area contributed by atoms with Crippen molar-refractivity contribution in [1.82, 2.24) is 4.98 Å². The summed E-state index contributed by atoms with van der Waals surface area (Å²) in [7, 11) is 5.98. The predicted molar refractivity (Wildman–Crippen MR) is 181 cm³/mol. The molecule has 0 amide bonds. The Kier molecular flexibility index (Phi) is 10.3. The first-order chi connectivity index (χ1) is 22.7. The highest BCUT2D eigenvalue weighted by Gasteiger charge is 2.23. The lowest BCUT2D eigenvalue weighted by molar-refractivity contribution is 0.214. The number of H-pyrrole nitrogens is 1. The van der Waals surface area contributed by atoms with Crippen molar-refractivity contribution in [2.24, 2.45) is 0 Å². The molecule has 0 saturated carbocycles. The molecule has 246 valence electrons. The topological polar surface area (TPSA) is 139 Å². The molecule has 0 unspecified atom stereocenters. The third-order valence-corrected chi connectivity index (χ3v) is 8.31. The lowest BCUT2D eigenvalue weighted by atomic mass is 10.0. The summed E-state index contributed by atoms with van der Waals surface area (Å²) in [5.41, 5.74) is 1.66. The van der Waals surface area contributed by atoms with Gasteiger partial charge >= 0.3 is 4.87 Å². The number of methoxy groups -OCH3 is 4. The van der Waals surface area contributed by atoms with E-state index in [1.165, 1.54) is 28.4 Å². The van der Waals surface area contributed by atoms with Crippen LogP contribution in [0.5, 0.6) is 40.4 Å². The predicted octanol–water partition coefficient (Wildman–Crippen LogP) is 6.90. The summed E-state index contributed by atoms with van der Waals surface area (Å²) in [6.07, 6.45) is 2.57. The van der Waals surface area contributed by atoms with Crippen LogP contribution in [0, 0.1) is 0 Å². The molecule has 0 saturated heterocycles. The van der Waals surface area contributed by atoms with Crippen LogP contribution < -0.4 is 38.7 Å². The number of fused-ring (bicyclic) bond motifs is 1. The monoisotopic (exact) mass is 681 g/mol. The molecule has 5 aromatic rings. The van der Waals surface area contributed by atoms with Gasteiger partial charge in [-0.1, -0.05) is 42.0 Å². The smallest absolute Gasteiger partial charge is 0.307 e. The largest absolute Gasteiger partial charge is 0.496 e. The van der Waals surface area contributed by atoms with Gasteiger partial charge in [0.05, 0.1) is 38.3 Å². The summed E-state index contributed by atoms with van der Waals surface area (Å²) < 4.78 is 39.9. The quantitative estimate of drug-likeness (QED) is 0.126. The summed E-state index contributed by atoms with van der Waals surface area (Å²) >= 11 is 7.49. The van der Waals surface area contributed by atoms with Gasteiger partial charge in [0, 0.05) is 23.3 Å². The van der Waals surface area contributed by atoms with Gasteiger partial charge in [-0.25, -0.2) is 0 Å². The number of aromatic nitrogens is 1. The molecule has 3 aromatic carbocycles. The molecule has 0 radical (unpaired) electrons. The van der Waals surface area contributed by atoms with E-state index in [1.807, 2.05) is 13.0 Å². The normalized spacial score (nSPS) is 11.4. The van der Waals surface area contributed by atoms with E-state index in [4.69, 9.17) is 44.4 Å². The maximum atomic E-state index is 13.9. The van der Waals surface area contributed by atoms with Gasteiger partial charge in [-0.2, -0.15) is 0 Å². The summed E-state index contributed by atoms with van der Waals surface area (Å²) in [5, 5.41) is 10.7. The van der Waals surface area contributed by atoms with Crippen LogP contribution in [-0.4, -0.2) is 51.7 Å². The van der Waals surface area contributed by atoms with Crippen molar-refractivity contribution >= 4 is 39.5 Å². The standard InChI is InChI=1S/C34H32ClNO10S/c1-6-7-21(32-33(38)36-34(39)47-32)18-8-10-23(22(35)14-18)44-12-13-45-31-29(37)28-26(43-5)16-20(40-2)17-27(28)46-30(31)19-9-11-24(41-3)25(15-19)42-4/h7-11,14-17,38H,6,12-13H2,1-5H3,(H,36,39). The number of aromatic amines is 1. The van der Waals surface area contributed by atoms with Crippen molar-refractivity contribution in [3.8, 4) is 51.7 Å². The minimum atomic E-state index is -0.455. The van der Waals surface area contributed by atoms with Crippen LogP contribution in [0.3, 0.4) is 0 Å². The lowest BCUT2D eigenvalue weighted by Gasteiger charge is -2.16. The summed E-state index contributed by atoms with van der Waals surface area (Å²) in [6.45, 7) is 1.93. The second kappa shape index (κ2) is 14.6. The number of thiazole rings is 1. The van der Waals surface area contributed by atoms with E-state index in [-0.39, 0.29) is 52.2 Å². The first kappa shape index (κ1) is 33.3. The lowest BCUT2D eigenvalue weighted by Crippen LogP contribution is -2.16. The van der Waals surface area contributed by atoms with E-state index in [0.717, 1.165) is 11.3 Å². The number of ether oxygens (including phenoxy) is 6. The Bertz CT molecular complexity index is 2060. The van der Waals surface area contributed by atoms with E-state index in [9.17, 15) is 14.7 Å². The number of halogens is 1. The van der Waals surface area contributed by atoms with Crippen LogP contribution in [0.4, 0.5) is 0 Å². The molecular weight excluding hydrogens is 650 g/mol. The second-order valence-electron chi connectivity index (χ2n) is 9.92. The minimum Gasteiger partial charge on any atom is -0.496 e. The van der Waals surface area contributed by atoms with Crippen molar-refractivity contribution < 1.29 is 37.9 Å². The Morgan fingerprint density at radius 2 is 1.62 bits per heavy atom. The molecule has 0 bridgehead atoms. The minimum absolute atomic E-state index is 0.0273. The molecular formula is C34H32ClNO10S. The van der Waals surface area contributed by atoms with Gasteiger partial charge in [-0.05, 0) is 42.3 Å². The number of hydrogen-bond donors (Lipinski definition) is 2. The molecule has 0 atom stereocenters. The van der Waals surface area contributed by atoms with E-state index >= 15 is 0 Å². The van der Waals surface area contributed by atoms with Gasteiger partial charge in [0.2, 0.25) is 17.1 Å². The van der Waals surface area contributed by atoms with Gasteiger partial charge in [0.25, 0.3) is 0 Å². The van der Waals surface area contributed by atoms with Crippen molar-refractivity contribution in [3.63, 3.8) is 0 Å².